The Morgan fingerprint density at radius 2 is 1.88 bits per heavy atom. The van der Waals surface area contributed by atoms with Crippen molar-refractivity contribution in [2.75, 3.05) is 13.7 Å². The van der Waals surface area contributed by atoms with E-state index in [1.165, 1.54) is 19.2 Å². The Labute approximate surface area is 142 Å². The molecule has 1 aliphatic rings. The molecule has 5 nitrogen and oxygen atoms in total. The lowest BCUT2D eigenvalue weighted by atomic mass is 9.89. The molecule has 3 rings (SSSR count). The summed E-state index contributed by atoms with van der Waals surface area (Å²) < 4.78 is 32.7. The molecule has 0 spiro atoms. The molecule has 0 unspecified atom stereocenters. The third-order valence-electron chi connectivity index (χ3n) is 4.41. The number of sulfonamides is 1. The fourth-order valence-corrected chi connectivity index (χ4v) is 3.93. The summed E-state index contributed by atoms with van der Waals surface area (Å²) >= 11 is 0. The number of rotatable bonds is 7. The average Bonchev–Trinajstić information content (AvgIpc) is 3.46. The summed E-state index contributed by atoms with van der Waals surface area (Å²) in [5, 5.41) is 11.1. The number of hydrogen-bond donors (Lipinski definition) is 2. The number of nitrogens with one attached hydrogen (secondary N) is 1. The predicted octanol–water partition coefficient (Wildman–Crippen LogP) is 2.27. The van der Waals surface area contributed by atoms with E-state index in [0.29, 0.717) is 5.75 Å². The van der Waals surface area contributed by atoms with Gasteiger partial charge in [0.05, 0.1) is 12.0 Å². The van der Waals surface area contributed by atoms with E-state index in [9.17, 15) is 13.5 Å². The third-order valence-corrected chi connectivity index (χ3v) is 5.81. The van der Waals surface area contributed by atoms with Crippen molar-refractivity contribution in [2.24, 2.45) is 5.92 Å². The SMILES string of the molecule is COc1cccc(S(=O)(=O)NC[C@](O)(c2ccccc2)C2CC2)c1. The molecule has 0 aromatic heterocycles. The highest BCUT2D eigenvalue weighted by Gasteiger charge is 2.45. The van der Waals surface area contributed by atoms with Crippen LogP contribution >= 0.6 is 0 Å². The maximum atomic E-state index is 12.5. The zero-order valence-electron chi connectivity index (χ0n) is 13.5. The Balaban J connectivity index is 1.82. The van der Waals surface area contributed by atoms with Crippen LogP contribution in [0.15, 0.2) is 59.5 Å². The van der Waals surface area contributed by atoms with Crippen LogP contribution in [0.3, 0.4) is 0 Å². The standard InChI is InChI=1S/C18H21NO4S/c1-23-16-8-5-9-17(12-16)24(21,22)19-13-18(20,15-10-11-15)14-6-3-2-4-7-14/h2-9,12,15,19-20H,10-11,13H2,1H3/t18-/m0/s1. The molecule has 1 aliphatic carbocycles. The maximum absolute atomic E-state index is 12.5. The lowest BCUT2D eigenvalue weighted by molar-refractivity contribution is 0.0185. The highest BCUT2D eigenvalue weighted by atomic mass is 32.2. The van der Waals surface area contributed by atoms with Crippen molar-refractivity contribution in [3.63, 3.8) is 0 Å². The zero-order valence-corrected chi connectivity index (χ0v) is 14.3. The summed E-state index contributed by atoms with van der Waals surface area (Å²) in [5.41, 5.74) is -0.450. The Bertz CT molecular complexity index is 803. The monoisotopic (exact) mass is 347 g/mol. The van der Waals surface area contributed by atoms with Gasteiger partial charge in [0.15, 0.2) is 0 Å². The van der Waals surface area contributed by atoms with Gasteiger partial charge in [-0.05, 0) is 36.5 Å². The molecule has 2 aromatic rings. The van der Waals surface area contributed by atoms with Gasteiger partial charge >= 0.3 is 0 Å². The fourth-order valence-electron chi connectivity index (χ4n) is 2.83. The highest BCUT2D eigenvalue weighted by Crippen LogP contribution is 2.45. The molecule has 1 fully saturated rings. The van der Waals surface area contributed by atoms with Gasteiger partial charge in [0.2, 0.25) is 10.0 Å². The normalized spacial score (nSPS) is 17.2. The Morgan fingerprint density at radius 3 is 2.50 bits per heavy atom. The van der Waals surface area contributed by atoms with Crippen LogP contribution in [0.5, 0.6) is 5.75 Å². The summed E-state index contributed by atoms with van der Waals surface area (Å²) in [5.74, 6) is 0.547. The van der Waals surface area contributed by atoms with Crippen molar-refractivity contribution in [1.82, 2.24) is 4.72 Å². The molecule has 6 heteroatoms. The van der Waals surface area contributed by atoms with Crippen LogP contribution in [0.1, 0.15) is 18.4 Å². The molecule has 128 valence electrons. The number of aliphatic hydroxyl groups is 1. The van der Waals surface area contributed by atoms with E-state index >= 15 is 0 Å². The molecule has 0 radical (unpaired) electrons. The number of ether oxygens (including phenoxy) is 1. The van der Waals surface area contributed by atoms with Gasteiger partial charge in [0.1, 0.15) is 11.4 Å². The number of methoxy groups -OCH3 is 1. The van der Waals surface area contributed by atoms with Gasteiger partial charge in [-0.2, -0.15) is 0 Å². The van der Waals surface area contributed by atoms with Crippen LogP contribution < -0.4 is 9.46 Å². The maximum Gasteiger partial charge on any atom is 0.240 e. The van der Waals surface area contributed by atoms with Crippen molar-refractivity contribution in [2.45, 2.75) is 23.3 Å². The molecule has 2 aromatic carbocycles. The lowest BCUT2D eigenvalue weighted by Gasteiger charge is -2.29. The van der Waals surface area contributed by atoms with Crippen molar-refractivity contribution >= 4 is 10.0 Å². The van der Waals surface area contributed by atoms with Gasteiger partial charge in [-0.25, -0.2) is 13.1 Å². The van der Waals surface area contributed by atoms with Gasteiger partial charge in [0.25, 0.3) is 0 Å². The largest absolute Gasteiger partial charge is 0.497 e. The molecule has 0 aliphatic heterocycles. The summed E-state index contributed by atoms with van der Waals surface area (Å²) in [6.45, 7) is -0.0543. The molecule has 2 N–H and O–H groups in total. The first-order chi connectivity index (χ1) is 11.5. The van der Waals surface area contributed by atoms with Crippen molar-refractivity contribution in [3.05, 3.63) is 60.2 Å². The molecule has 0 bridgehead atoms. The first-order valence-corrected chi connectivity index (χ1v) is 9.36. The van der Waals surface area contributed by atoms with Gasteiger partial charge in [-0.1, -0.05) is 36.4 Å². The van der Waals surface area contributed by atoms with Crippen LogP contribution in [0, 0.1) is 5.92 Å². The molecule has 0 heterocycles. The second kappa shape index (κ2) is 6.55. The molecular weight excluding hydrogens is 326 g/mol. The van der Waals surface area contributed by atoms with E-state index in [0.717, 1.165) is 18.4 Å². The Hall–Kier alpha value is -1.89. The quantitative estimate of drug-likeness (QED) is 0.806. The van der Waals surface area contributed by atoms with E-state index in [1.54, 1.807) is 12.1 Å². The zero-order chi connectivity index (χ0) is 17.2. The minimum absolute atomic E-state index is 0.0543. The number of benzene rings is 2. The van der Waals surface area contributed by atoms with Crippen molar-refractivity contribution in [1.29, 1.82) is 0 Å². The van der Waals surface area contributed by atoms with E-state index in [1.807, 2.05) is 30.3 Å². The molecule has 0 saturated heterocycles. The molecule has 24 heavy (non-hydrogen) atoms. The second-order valence-electron chi connectivity index (χ2n) is 6.07. The van der Waals surface area contributed by atoms with E-state index in [-0.39, 0.29) is 17.4 Å². The second-order valence-corrected chi connectivity index (χ2v) is 7.84. The Kier molecular flexibility index (Phi) is 4.62. The van der Waals surface area contributed by atoms with Gasteiger partial charge < -0.3 is 9.84 Å². The van der Waals surface area contributed by atoms with Crippen LogP contribution in [0.2, 0.25) is 0 Å². The average molecular weight is 347 g/mol. The van der Waals surface area contributed by atoms with Gasteiger partial charge in [0, 0.05) is 12.6 Å². The molecule has 1 atom stereocenters. The fraction of sp³-hybridized carbons (Fsp3) is 0.333. The summed E-state index contributed by atoms with van der Waals surface area (Å²) in [6, 6.07) is 15.5. The molecule has 0 amide bonds. The minimum atomic E-state index is -3.73. The minimum Gasteiger partial charge on any atom is -0.497 e. The van der Waals surface area contributed by atoms with E-state index < -0.39 is 15.6 Å². The summed E-state index contributed by atoms with van der Waals surface area (Å²) in [4.78, 5) is 0.119. The smallest absolute Gasteiger partial charge is 0.240 e. The van der Waals surface area contributed by atoms with Crippen LogP contribution in [0.4, 0.5) is 0 Å². The van der Waals surface area contributed by atoms with Crippen LogP contribution in [-0.4, -0.2) is 27.2 Å². The van der Waals surface area contributed by atoms with E-state index in [4.69, 9.17) is 4.74 Å². The van der Waals surface area contributed by atoms with Crippen LogP contribution in [0.25, 0.3) is 0 Å². The molecular formula is C18H21NO4S. The van der Waals surface area contributed by atoms with Gasteiger partial charge in [-0.3, -0.25) is 0 Å². The third kappa shape index (κ3) is 3.45. The first kappa shape index (κ1) is 17.0. The summed E-state index contributed by atoms with van der Waals surface area (Å²) in [6.07, 6.45) is 1.79. The predicted molar refractivity (Wildman–Crippen MR) is 91.2 cm³/mol. The number of hydrogen-bond acceptors (Lipinski definition) is 4. The summed E-state index contributed by atoms with van der Waals surface area (Å²) in [7, 11) is -2.24. The van der Waals surface area contributed by atoms with Crippen LogP contribution in [-0.2, 0) is 15.6 Å². The molecule has 1 saturated carbocycles. The van der Waals surface area contributed by atoms with Gasteiger partial charge in [-0.15, -0.1) is 0 Å². The van der Waals surface area contributed by atoms with Crippen molar-refractivity contribution in [3.8, 4) is 5.75 Å². The lowest BCUT2D eigenvalue weighted by Crippen LogP contribution is -2.42. The highest BCUT2D eigenvalue weighted by molar-refractivity contribution is 7.89. The first-order valence-electron chi connectivity index (χ1n) is 7.87. The Morgan fingerprint density at radius 1 is 1.17 bits per heavy atom. The van der Waals surface area contributed by atoms with Crippen molar-refractivity contribution < 1.29 is 18.3 Å². The van der Waals surface area contributed by atoms with E-state index in [2.05, 4.69) is 4.72 Å². The topological polar surface area (TPSA) is 75.6 Å².